The normalized spacial score (nSPS) is 14.9. The van der Waals surface area contributed by atoms with Crippen molar-refractivity contribution in [1.82, 2.24) is 10.2 Å². The second-order valence-corrected chi connectivity index (χ2v) is 4.38. The third kappa shape index (κ3) is 2.09. The first-order valence-corrected chi connectivity index (χ1v) is 5.72. The van der Waals surface area contributed by atoms with E-state index in [0.29, 0.717) is 5.76 Å². The summed E-state index contributed by atoms with van der Waals surface area (Å²) in [5, 5.41) is 4.12. The summed E-state index contributed by atoms with van der Waals surface area (Å²) in [4.78, 5) is 13.9. The van der Waals surface area contributed by atoms with E-state index < -0.39 is 0 Å². The highest BCUT2D eigenvalue weighted by Crippen LogP contribution is 2.20. The molecule has 4 nitrogen and oxygen atoms in total. The Kier molecular flexibility index (Phi) is 3.59. The minimum absolute atomic E-state index is 0. The second-order valence-electron chi connectivity index (χ2n) is 4.38. The fourth-order valence-electron chi connectivity index (χ4n) is 1.97. The molecule has 0 spiro atoms. The number of benzene rings is 1. The van der Waals surface area contributed by atoms with Gasteiger partial charge in [0.1, 0.15) is 5.58 Å². The Balaban J connectivity index is 0.00000120. The van der Waals surface area contributed by atoms with Gasteiger partial charge in [-0.15, -0.1) is 12.4 Å². The summed E-state index contributed by atoms with van der Waals surface area (Å²) < 4.78 is 5.56. The van der Waals surface area contributed by atoms with Crippen molar-refractivity contribution in [2.75, 3.05) is 20.1 Å². The molecule has 1 aromatic carbocycles. The first kappa shape index (κ1) is 12.9. The maximum Gasteiger partial charge on any atom is 0.289 e. The van der Waals surface area contributed by atoms with Gasteiger partial charge in [-0.3, -0.25) is 4.79 Å². The molecule has 0 saturated carbocycles. The Bertz CT molecular complexity index is 530. The quantitative estimate of drug-likeness (QED) is 0.903. The van der Waals surface area contributed by atoms with Crippen LogP contribution in [0.15, 0.2) is 34.7 Å². The number of furan rings is 1. The number of hydrogen-bond donors (Lipinski definition) is 1. The Morgan fingerprint density at radius 2 is 2.11 bits per heavy atom. The van der Waals surface area contributed by atoms with Crippen LogP contribution in [0.5, 0.6) is 0 Å². The van der Waals surface area contributed by atoms with Gasteiger partial charge >= 0.3 is 0 Å². The molecule has 1 fully saturated rings. The average molecular weight is 267 g/mol. The van der Waals surface area contributed by atoms with Crippen molar-refractivity contribution in [1.29, 1.82) is 0 Å². The molecule has 2 heterocycles. The zero-order chi connectivity index (χ0) is 11.8. The molecule has 0 bridgehead atoms. The summed E-state index contributed by atoms with van der Waals surface area (Å²) in [6, 6.07) is 9.75. The molecule has 0 aliphatic carbocycles. The molecule has 0 radical (unpaired) electrons. The van der Waals surface area contributed by atoms with E-state index in [1.165, 1.54) is 0 Å². The molecule has 1 amide bonds. The maximum absolute atomic E-state index is 12.2. The molecule has 96 valence electrons. The lowest BCUT2D eigenvalue weighted by Crippen LogP contribution is -2.57. The molecule has 1 aliphatic heterocycles. The summed E-state index contributed by atoms with van der Waals surface area (Å²) in [6.07, 6.45) is 0. The van der Waals surface area contributed by atoms with Crippen LogP contribution in [0.3, 0.4) is 0 Å². The van der Waals surface area contributed by atoms with Gasteiger partial charge in [-0.1, -0.05) is 18.2 Å². The fraction of sp³-hybridized carbons (Fsp3) is 0.308. The highest BCUT2D eigenvalue weighted by atomic mass is 35.5. The van der Waals surface area contributed by atoms with E-state index in [2.05, 4.69) is 5.32 Å². The molecule has 5 heteroatoms. The van der Waals surface area contributed by atoms with E-state index in [0.717, 1.165) is 24.1 Å². The van der Waals surface area contributed by atoms with Crippen molar-refractivity contribution in [3.8, 4) is 0 Å². The smallest absolute Gasteiger partial charge is 0.289 e. The number of nitrogens with zero attached hydrogens (tertiary/aromatic N) is 1. The number of likely N-dealkylation sites (N-methyl/N-ethyl adjacent to an activating group) is 1. The lowest BCUT2D eigenvalue weighted by Gasteiger charge is -2.35. The van der Waals surface area contributed by atoms with Crippen molar-refractivity contribution in [2.24, 2.45) is 0 Å². The second kappa shape index (κ2) is 5.00. The van der Waals surface area contributed by atoms with Crippen molar-refractivity contribution >= 4 is 29.3 Å². The van der Waals surface area contributed by atoms with Gasteiger partial charge in [0, 0.05) is 25.5 Å². The first-order valence-electron chi connectivity index (χ1n) is 5.72. The van der Waals surface area contributed by atoms with Crippen LogP contribution in [0, 0.1) is 0 Å². The van der Waals surface area contributed by atoms with Crippen LogP contribution in [0.1, 0.15) is 10.6 Å². The van der Waals surface area contributed by atoms with Gasteiger partial charge < -0.3 is 14.6 Å². The number of rotatable bonds is 2. The van der Waals surface area contributed by atoms with E-state index in [4.69, 9.17) is 4.42 Å². The highest BCUT2D eigenvalue weighted by Gasteiger charge is 2.27. The number of hydrogen-bond acceptors (Lipinski definition) is 3. The molecule has 1 aromatic heterocycles. The van der Waals surface area contributed by atoms with Gasteiger partial charge in [0.05, 0.1) is 6.04 Å². The number of carbonyl (C=O) groups excluding carboxylic acids is 1. The number of carbonyl (C=O) groups is 1. The standard InChI is InChI=1S/C13H14N2O2.ClH/c1-15(10-7-14-8-10)13(16)12-6-9-4-2-3-5-11(9)17-12;/h2-6,10,14H,7-8H2,1H3;1H. The third-order valence-corrected chi connectivity index (χ3v) is 3.26. The van der Waals surface area contributed by atoms with Gasteiger partial charge in [0.2, 0.25) is 0 Å². The molecule has 2 aromatic rings. The van der Waals surface area contributed by atoms with Crippen LogP contribution < -0.4 is 5.32 Å². The van der Waals surface area contributed by atoms with Gasteiger partial charge in [-0.05, 0) is 12.1 Å². The Morgan fingerprint density at radius 1 is 1.39 bits per heavy atom. The predicted octanol–water partition coefficient (Wildman–Crippen LogP) is 1.90. The van der Waals surface area contributed by atoms with Gasteiger partial charge in [0.15, 0.2) is 5.76 Å². The van der Waals surface area contributed by atoms with Gasteiger partial charge in [-0.25, -0.2) is 0 Å². The van der Waals surface area contributed by atoms with E-state index in [-0.39, 0.29) is 24.4 Å². The van der Waals surface area contributed by atoms with Crippen molar-refractivity contribution in [2.45, 2.75) is 6.04 Å². The van der Waals surface area contributed by atoms with Crippen LogP contribution in [0.2, 0.25) is 0 Å². The number of fused-ring (bicyclic) bond motifs is 1. The third-order valence-electron chi connectivity index (χ3n) is 3.26. The molecule has 3 rings (SSSR count). The highest BCUT2D eigenvalue weighted by molar-refractivity contribution is 5.96. The zero-order valence-electron chi connectivity index (χ0n) is 10.1. The molecular formula is C13H15ClN2O2. The van der Waals surface area contributed by atoms with E-state index in [9.17, 15) is 4.79 Å². The van der Waals surface area contributed by atoms with Crippen LogP contribution in [0.4, 0.5) is 0 Å². The maximum atomic E-state index is 12.2. The SMILES string of the molecule is CN(C(=O)c1cc2ccccc2o1)C1CNC1.Cl. The van der Waals surface area contributed by atoms with Crippen LogP contribution in [0.25, 0.3) is 11.0 Å². The molecular weight excluding hydrogens is 252 g/mol. The summed E-state index contributed by atoms with van der Waals surface area (Å²) in [6.45, 7) is 1.73. The lowest BCUT2D eigenvalue weighted by atomic mass is 10.1. The van der Waals surface area contributed by atoms with Gasteiger partial charge in [0.25, 0.3) is 5.91 Å². The number of para-hydroxylation sites is 1. The summed E-state index contributed by atoms with van der Waals surface area (Å²) in [5.41, 5.74) is 0.760. The Labute approximate surface area is 111 Å². The average Bonchev–Trinajstić information content (AvgIpc) is 2.68. The van der Waals surface area contributed by atoms with Crippen molar-refractivity contribution in [3.63, 3.8) is 0 Å². The largest absolute Gasteiger partial charge is 0.451 e. The first-order chi connectivity index (χ1) is 8.25. The summed E-state index contributed by atoms with van der Waals surface area (Å²) >= 11 is 0. The Morgan fingerprint density at radius 3 is 2.72 bits per heavy atom. The Hall–Kier alpha value is -1.52. The number of nitrogens with one attached hydrogen (secondary N) is 1. The van der Waals surface area contributed by atoms with Crippen molar-refractivity contribution < 1.29 is 9.21 Å². The number of halogens is 1. The molecule has 1 saturated heterocycles. The molecule has 0 unspecified atom stereocenters. The number of amides is 1. The van der Waals surface area contributed by atoms with E-state index in [1.807, 2.05) is 31.3 Å². The fourth-order valence-corrected chi connectivity index (χ4v) is 1.97. The van der Waals surface area contributed by atoms with E-state index in [1.54, 1.807) is 11.0 Å². The molecule has 1 N–H and O–H groups in total. The predicted molar refractivity (Wildman–Crippen MR) is 72.2 cm³/mol. The van der Waals surface area contributed by atoms with Gasteiger partial charge in [-0.2, -0.15) is 0 Å². The lowest BCUT2D eigenvalue weighted by molar-refractivity contribution is 0.0651. The van der Waals surface area contributed by atoms with E-state index >= 15 is 0 Å². The van der Waals surface area contributed by atoms with Crippen LogP contribution in [-0.4, -0.2) is 37.0 Å². The summed E-state index contributed by atoms with van der Waals surface area (Å²) in [7, 11) is 1.82. The molecule has 18 heavy (non-hydrogen) atoms. The van der Waals surface area contributed by atoms with Crippen LogP contribution >= 0.6 is 12.4 Å². The zero-order valence-corrected chi connectivity index (χ0v) is 10.9. The topological polar surface area (TPSA) is 45.5 Å². The summed E-state index contributed by atoms with van der Waals surface area (Å²) in [5.74, 6) is 0.369. The monoisotopic (exact) mass is 266 g/mol. The minimum Gasteiger partial charge on any atom is -0.451 e. The minimum atomic E-state index is -0.0484. The molecule has 0 atom stereocenters. The molecule has 1 aliphatic rings. The van der Waals surface area contributed by atoms with Crippen molar-refractivity contribution in [3.05, 3.63) is 36.1 Å². The van der Waals surface area contributed by atoms with Crippen LogP contribution in [-0.2, 0) is 0 Å².